The summed E-state index contributed by atoms with van der Waals surface area (Å²) in [5.41, 5.74) is 6.50. The van der Waals surface area contributed by atoms with E-state index in [2.05, 4.69) is 0 Å². The van der Waals surface area contributed by atoms with Gasteiger partial charge in [-0.2, -0.15) is 5.10 Å². The number of methoxy groups -OCH3 is 1. The molecule has 5 nitrogen and oxygen atoms in total. The molecule has 2 aromatic carbocycles. The van der Waals surface area contributed by atoms with Crippen molar-refractivity contribution >= 4 is 17.6 Å². The summed E-state index contributed by atoms with van der Waals surface area (Å²) in [6.45, 7) is 1.90. The Labute approximate surface area is 180 Å². The molecular formula is C24H23ClN2O3. The summed E-state index contributed by atoms with van der Waals surface area (Å²) < 4.78 is 7.23. The zero-order valence-corrected chi connectivity index (χ0v) is 17.7. The van der Waals surface area contributed by atoms with Gasteiger partial charge in [-0.15, -0.1) is 0 Å². The third-order valence-electron chi connectivity index (χ3n) is 5.59. The van der Waals surface area contributed by atoms with Crippen LogP contribution in [0.25, 0.3) is 16.9 Å². The number of hydrogen-bond acceptors (Lipinski definition) is 3. The molecule has 1 aliphatic rings. The molecule has 30 heavy (non-hydrogen) atoms. The lowest BCUT2D eigenvalue weighted by Crippen LogP contribution is -2.11. The Bertz CT molecular complexity index is 1110. The topological polar surface area (TPSA) is 64.3 Å². The molecule has 4 rings (SSSR count). The highest BCUT2D eigenvalue weighted by molar-refractivity contribution is 6.30. The third-order valence-corrected chi connectivity index (χ3v) is 5.85. The second-order valence-electron chi connectivity index (χ2n) is 7.31. The van der Waals surface area contributed by atoms with Gasteiger partial charge < -0.3 is 9.84 Å². The van der Waals surface area contributed by atoms with E-state index in [4.69, 9.17) is 21.4 Å². The van der Waals surface area contributed by atoms with Gasteiger partial charge in [0.25, 0.3) is 0 Å². The maximum Gasteiger partial charge on any atom is 0.331 e. The van der Waals surface area contributed by atoms with Gasteiger partial charge in [0, 0.05) is 21.7 Å². The normalized spacial score (nSPS) is 14.9. The first-order valence-corrected chi connectivity index (χ1v) is 10.3. The van der Waals surface area contributed by atoms with Gasteiger partial charge in [0.05, 0.1) is 24.2 Å². The van der Waals surface area contributed by atoms with Gasteiger partial charge in [0.2, 0.25) is 0 Å². The predicted octanol–water partition coefficient (Wildman–Crippen LogP) is 5.48. The van der Waals surface area contributed by atoms with Crippen molar-refractivity contribution in [3.05, 3.63) is 76.0 Å². The minimum atomic E-state index is -0.827. The van der Waals surface area contributed by atoms with Crippen LogP contribution in [-0.2, 0) is 17.6 Å². The van der Waals surface area contributed by atoms with Crippen molar-refractivity contribution in [3.63, 3.8) is 0 Å². The molecule has 0 fully saturated rings. The van der Waals surface area contributed by atoms with E-state index in [1.165, 1.54) is 0 Å². The molecule has 0 atom stereocenters. The number of carboxylic acid groups (broad SMARTS) is 1. The van der Waals surface area contributed by atoms with Crippen molar-refractivity contribution in [1.29, 1.82) is 0 Å². The van der Waals surface area contributed by atoms with Crippen LogP contribution in [0.4, 0.5) is 0 Å². The van der Waals surface area contributed by atoms with Crippen molar-refractivity contribution in [1.82, 2.24) is 9.78 Å². The number of rotatable bonds is 5. The van der Waals surface area contributed by atoms with Gasteiger partial charge in [-0.3, -0.25) is 0 Å². The van der Waals surface area contributed by atoms with Crippen molar-refractivity contribution in [2.24, 2.45) is 0 Å². The van der Waals surface area contributed by atoms with Gasteiger partial charge in [0.15, 0.2) is 0 Å². The smallest absolute Gasteiger partial charge is 0.331 e. The lowest BCUT2D eigenvalue weighted by atomic mass is 9.86. The number of halogens is 1. The van der Waals surface area contributed by atoms with E-state index in [9.17, 15) is 9.90 Å². The number of allylic oxidation sites excluding steroid dienone is 1. The third kappa shape index (κ3) is 3.73. The molecule has 1 aromatic heterocycles. The predicted molar refractivity (Wildman–Crippen MR) is 118 cm³/mol. The number of hydrogen-bond donors (Lipinski definition) is 1. The fourth-order valence-corrected chi connectivity index (χ4v) is 4.20. The maximum absolute atomic E-state index is 11.7. The number of aryl methyl sites for hydroxylation is 1. The van der Waals surface area contributed by atoms with Crippen molar-refractivity contribution in [2.75, 3.05) is 7.11 Å². The molecule has 1 N–H and O–H groups in total. The Morgan fingerprint density at radius 3 is 2.43 bits per heavy atom. The number of benzene rings is 2. The molecule has 0 saturated carbocycles. The van der Waals surface area contributed by atoms with Crippen LogP contribution in [0.15, 0.2) is 59.7 Å². The van der Waals surface area contributed by atoms with E-state index in [0.29, 0.717) is 23.4 Å². The molecule has 1 aliphatic carbocycles. The molecule has 6 heteroatoms. The number of carboxylic acids is 1. The Morgan fingerprint density at radius 1 is 1.13 bits per heavy atom. The van der Waals surface area contributed by atoms with Gasteiger partial charge >= 0.3 is 5.97 Å². The van der Waals surface area contributed by atoms with Crippen LogP contribution in [0.3, 0.4) is 0 Å². The number of aromatic nitrogens is 2. The minimum Gasteiger partial charge on any atom is -0.497 e. The SMILES string of the molecule is CCC(C(=O)O)=C1CCc2nn(-c3ccc(OC)cc3)c(-c3ccc(Cl)cc3)c2C1. The summed E-state index contributed by atoms with van der Waals surface area (Å²) in [5.74, 6) is -0.0467. The van der Waals surface area contributed by atoms with Crippen LogP contribution >= 0.6 is 11.6 Å². The molecule has 3 aromatic rings. The second kappa shape index (κ2) is 8.36. The lowest BCUT2D eigenvalue weighted by molar-refractivity contribution is -0.132. The van der Waals surface area contributed by atoms with E-state index in [1.54, 1.807) is 7.11 Å². The number of nitrogens with zero attached hydrogens (tertiary/aromatic N) is 2. The van der Waals surface area contributed by atoms with E-state index >= 15 is 0 Å². The summed E-state index contributed by atoms with van der Waals surface area (Å²) in [5, 5.41) is 15.2. The highest BCUT2D eigenvalue weighted by Gasteiger charge is 2.27. The first kappa shape index (κ1) is 20.2. The number of aliphatic carboxylic acids is 1. The molecule has 0 bridgehead atoms. The molecule has 0 amide bonds. The molecule has 0 spiro atoms. The van der Waals surface area contributed by atoms with Crippen molar-refractivity contribution in [2.45, 2.75) is 32.6 Å². The monoisotopic (exact) mass is 422 g/mol. The molecule has 1 heterocycles. The molecule has 0 aliphatic heterocycles. The lowest BCUT2D eigenvalue weighted by Gasteiger charge is -2.18. The molecular weight excluding hydrogens is 400 g/mol. The molecule has 0 saturated heterocycles. The quantitative estimate of drug-likeness (QED) is 0.553. The van der Waals surface area contributed by atoms with Crippen LogP contribution in [0.2, 0.25) is 5.02 Å². The van der Waals surface area contributed by atoms with Crippen LogP contribution < -0.4 is 4.74 Å². The minimum absolute atomic E-state index is 0.514. The Balaban J connectivity index is 1.89. The number of ether oxygens (including phenoxy) is 1. The fraction of sp³-hybridized carbons (Fsp3) is 0.250. The maximum atomic E-state index is 11.7. The summed E-state index contributed by atoms with van der Waals surface area (Å²) >= 11 is 6.12. The fourth-order valence-electron chi connectivity index (χ4n) is 4.08. The summed E-state index contributed by atoms with van der Waals surface area (Å²) in [4.78, 5) is 11.7. The Morgan fingerprint density at radius 2 is 1.83 bits per heavy atom. The van der Waals surface area contributed by atoms with Gasteiger partial charge in [-0.1, -0.05) is 36.2 Å². The van der Waals surface area contributed by atoms with Crippen LogP contribution in [0, 0.1) is 0 Å². The van der Waals surface area contributed by atoms with E-state index in [0.717, 1.165) is 52.4 Å². The largest absolute Gasteiger partial charge is 0.497 e. The highest BCUT2D eigenvalue weighted by atomic mass is 35.5. The first-order chi connectivity index (χ1) is 14.5. The van der Waals surface area contributed by atoms with Crippen LogP contribution in [0.1, 0.15) is 31.0 Å². The zero-order chi connectivity index (χ0) is 21.3. The number of fused-ring (bicyclic) bond motifs is 1. The van der Waals surface area contributed by atoms with E-state index in [1.807, 2.05) is 60.1 Å². The standard InChI is InChI=1S/C24H23ClN2O3/c1-3-20(24(28)29)16-6-13-22-21(14-16)23(15-4-7-17(25)8-5-15)27(26-22)18-9-11-19(30-2)12-10-18/h4-5,7-12H,3,6,13-14H2,1-2H3,(H,28,29). The average molecular weight is 423 g/mol. The first-order valence-electron chi connectivity index (χ1n) is 9.97. The average Bonchev–Trinajstić information content (AvgIpc) is 3.13. The second-order valence-corrected chi connectivity index (χ2v) is 7.74. The molecule has 154 valence electrons. The van der Waals surface area contributed by atoms with Crippen LogP contribution in [-0.4, -0.2) is 28.0 Å². The Kier molecular flexibility index (Phi) is 5.64. The zero-order valence-electron chi connectivity index (χ0n) is 17.0. The summed E-state index contributed by atoms with van der Waals surface area (Å²) in [7, 11) is 1.64. The highest BCUT2D eigenvalue weighted by Crippen LogP contribution is 2.37. The molecule has 0 unspecified atom stereocenters. The van der Waals surface area contributed by atoms with E-state index < -0.39 is 5.97 Å². The van der Waals surface area contributed by atoms with Gasteiger partial charge in [-0.25, -0.2) is 9.48 Å². The van der Waals surface area contributed by atoms with Gasteiger partial charge in [-0.05, 0) is 62.1 Å². The summed E-state index contributed by atoms with van der Waals surface area (Å²) in [6.07, 6.45) is 2.56. The van der Waals surface area contributed by atoms with Crippen molar-refractivity contribution in [3.8, 4) is 22.7 Å². The van der Waals surface area contributed by atoms with Crippen molar-refractivity contribution < 1.29 is 14.6 Å². The number of carbonyl (C=O) groups is 1. The van der Waals surface area contributed by atoms with Crippen LogP contribution in [0.5, 0.6) is 5.75 Å². The van der Waals surface area contributed by atoms with Gasteiger partial charge in [0.1, 0.15) is 5.75 Å². The Hall–Kier alpha value is -3.05. The molecule has 0 radical (unpaired) electrons. The van der Waals surface area contributed by atoms with E-state index in [-0.39, 0.29) is 0 Å². The summed E-state index contributed by atoms with van der Waals surface area (Å²) in [6, 6.07) is 15.5.